The minimum absolute atomic E-state index is 0.310. The van der Waals surface area contributed by atoms with Gasteiger partial charge in [-0.1, -0.05) is 6.07 Å². The Hall–Kier alpha value is -2.17. The number of benzene rings is 1. The lowest BCUT2D eigenvalue weighted by Crippen LogP contribution is -2.43. The fourth-order valence-corrected chi connectivity index (χ4v) is 7.45. The summed E-state index contributed by atoms with van der Waals surface area (Å²) >= 11 is 1.28. The van der Waals surface area contributed by atoms with E-state index in [-0.39, 0.29) is 6.04 Å². The van der Waals surface area contributed by atoms with Crippen LogP contribution in [0.1, 0.15) is 52.9 Å². The number of thiazole rings is 1. The molecule has 1 aromatic carbocycles. The first-order valence-electron chi connectivity index (χ1n) is 11.2. The smallest absolute Gasteiger partial charge is 0.346 e. The molecule has 0 spiro atoms. The Morgan fingerprint density at radius 2 is 1.84 bits per heavy atom. The highest BCUT2D eigenvalue weighted by Gasteiger charge is 2.33. The zero-order valence-corrected chi connectivity index (χ0v) is 19.7. The maximum atomic E-state index is 13.3. The van der Waals surface area contributed by atoms with Crippen LogP contribution < -0.4 is 14.7 Å². The second-order valence-electron chi connectivity index (χ2n) is 8.59. The summed E-state index contributed by atoms with van der Waals surface area (Å²) in [4.78, 5) is 4.21. The number of amidine groups is 1. The van der Waals surface area contributed by atoms with Crippen molar-refractivity contribution in [2.24, 2.45) is 4.40 Å². The molecule has 2 heterocycles. The zero-order valence-electron chi connectivity index (χ0n) is 18.1. The van der Waals surface area contributed by atoms with E-state index in [2.05, 4.69) is 20.8 Å². The third kappa shape index (κ3) is 4.11. The van der Waals surface area contributed by atoms with Crippen molar-refractivity contribution in [1.29, 1.82) is 0 Å². The van der Waals surface area contributed by atoms with Crippen molar-refractivity contribution in [3.63, 3.8) is 0 Å². The Kier molecular flexibility index (Phi) is 5.85. The van der Waals surface area contributed by atoms with Crippen molar-refractivity contribution in [1.82, 2.24) is 4.98 Å². The molecule has 1 saturated heterocycles. The van der Waals surface area contributed by atoms with Gasteiger partial charge in [0, 0.05) is 18.9 Å². The Labute approximate surface area is 192 Å². The van der Waals surface area contributed by atoms with Gasteiger partial charge in [0.1, 0.15) is 5.00 Å². The van der Waals surface area contributed by atoms with Crippen LogP contribution in [0.5, 0.6) is 0 Å². The summed E-state index contributed by atoms with van der Waals surface area (Å²) in [6, 6.07) is 1.13. The van der Waals surface area contributed by atoms with Crippen LogP contribution in [0, 0.1) is 6.92 Å². The lowest BCUT2D eigenvalue weighted by Gasteiger charge is -2.32. The number of aromatic nitrogens is 1. The number of nitrogens with zero attached hydrogens (tertiary/aromatic N) is 3. The average molecular weight is 476 g/mol. The predicted molar refractivity (Wildman–Crippen MR) is 124 cm³/mol. The molecule has 2 aliphatic carbocycles. The van der Waals surface area contributed by atoms with E-state index in [0.29, 0.717) is 31.1 Å². The van der Waals surface area contributed by atoms with Crippen LogP contribution in [0.2, 0.25) is 0 Å². The molecular formula is C22H27N4O4S2-. The normalized spacial score (nSPS) is 19.1. The second kappa shape index (κ2) is 8.64. The van der Waals surface area contributed by atoms with E-state index in [4.69, 9.17) is 4.74 Å². The number of nitrogens with one attached hydrogen (secondary N) is 1. The molecule has 172 valence electrons. The molecule has 0 amide bonds. The Morgan fingerprint density at radius 3 is 2.44 bits per heavy atom. The average Bonchev–Trinajstić information content (AvgIpc) is 3.49. The molecule has 1 aliphatic heterocycles. The van der Waals surface area contributed by atoms with Crippen LogP contribution in [0.3, 0.4) is 0 Å². The van der Waals surface area contributed by atoms with Crippen LogP contribution in [-0.2, 0) is 40.6 Å². The van der Waals surface area contributed by atoms with E-state index in [0.717, 1.165) is 60.3 Å². The lowest BCUT2D eigenvalue weighted by atomic mass is 9.99. The van der Waals surface area contributed by atoms with Crippen LogP contribution >= 0.6 is 11.3 Å². The number of ether oxygens (including phenoxy) is 1. The third-order valence-corrected chi connectivity index (χ3v) is 8.92. The summed E-state index contributed by atoms with van der Waals surface area (Å²) in [5, 5.41) is 17.0. The van der Waals surface area contributed by atoms with E-state index in [1.807, 2.05) is 6.92 Å². The van der Waals surface area contributed by atoms with E-state index < -0.39 is 16.2 Å². The Bertz CT molecular complexity index is 1120. The van der Waals surface area contributed by atoms with Gasteiger partial charge in [-0.05, 0) is 80.5 Å². The second-order valence-corrected chi connectivity index (χ2v) is 11.3. The zero-order chi connectivity index (χ0) is 22.3. The fourth-order valence-electron chi connectivity index (χ4n) is 5.10. The summed E-state index contributed by atoms with van der Waals surface area (Å²) in [5.41, 5.74) is 5.63. The fraction of sp³-hybridized carbons (Fsp3) is 0.545. The molecule has 0 saturated carbocycles. The molecule has 1 aromatic heterocycles. The van der Waals surface area contributed by atoms with Crippen molar-refractivity contribution in [2.75, 3.05) is 22.8 Å². The quantitative estimate of drug-likeness (QED) is 0.526. The van der Waals surface area contributed by atoms with Crippen molar-refractivity contribution >= 4 is 38.3 Å². The maximum absolute atomic E-state index is 13.3. The first-order valence-corrected chi connectivity index (χ1v) is 13.4. The van der Waals surface area contributed by atoms with E-state index in [1.54, 1.807) is 0 Å². The molecule has 5 rings (SSSR count). The monoisotopic (exact) mass is 475 g/mol. The van der Waals surface area contributed by atoms with E-state index >= 15 is 0 Å². The van der Waals surface area contributed by atoms with Gasteiger partial charge in [-0.3, -0.25) is 0 Å². The molecule has 0 unspecified atom stereocenters. The van der Waals surface area contributed by atoms with Crippen LogP contribution in [0.25, 0.3) is 0 Å². The largest absolute Gasteiger partial charge is 0.845 e. The van der Waals surface area contributed by atoms with Gasteiger partial charge >= 0.3 is 10.2 Å². The first-order chi connectivity index (χ1) is 15.4. The summed E-state index contributed by atoms with van der Waals surface area (Å²) in [6.07, 6.45) is 8.56. The molecular weight excluding hydrogens is 448 g/mol. The molecule has 3 aliphatic rings. The molecule has 1 fully saturated rings. The number of hydrogen-bond acceptors (Lipinski definition) is 6. The van der Waals surface area contributed by atoms with E-state index in [1.165, 1.54) is 33.0 Å². The van der Waals surface area contributed by atoms with Gasteiger partial charge in [0.2, 0.25) is 0 Å². The highest BCUT2D eigenvalue weighted by atomic mass is 32.2. The molecule has 10 heteroatoms. The van der Waals surface area contributed by atoms with Gasteiger partial charge in [-0.25, -0.2) is 9.29 Å². The Morgan fingerprint density at radius 1 is 1.19 bits per heavy atom. The van der Waals surface area contributed by atoms with Gasteiger partial charge in [0.15, 0.2) is 0 Å². The number of fused-ring (bicyclic) bond motifs is 2. The summed E-state index contributed by atoms with van der Waals surface area (Å²) in [5.74, 6) is 0. The topological polar surface area (TPSA) is 107 Å². The van der Waals surface area contributed by atoms with Crippen molar-refractivity contribution in [3.8, 4) is 0 Å². The molecule has 32 heavy (non-hydrogen) atoms. The van der Waals surface area contributed by atoms with Crippen molar-refractivity contribution < 1.29 is 18.3 Å². The first kappa shape index (κ1) is 21.7. The number of hydrogen-bond donors (Lipinski definition) is 1. The summed E-state index contributed by atoms with van der Waals surface area (Å²) in [6.45, 7) is 2.77. The standard InChI is InChI=1S/C22H28N4O4S2/c1-14-23-13-20(31-14)26(17-8-10-30-11-9-17)32(28,29)25-22(27)24-21-18-6-2-4-15(18)12-16-5-3-7-19(16)21/h12-13,17H,2-11H2,1H3,(H2,24,25,27)/p-1. The van der Waals surface area contributed by atoms with Crippen LogP contribution in [0.15, 0.2) is 16.7 Å². The SMILES string of the molecule is Cc1ncc(N(C2CCOCC2)S(=O)(=O)/N=C(\[O-])Nc2c3c(cc4c2CCC4)CCC3)s1. The minimum atomic E-state index is -4.25. The van der Waals surface area contributed by atoms with Crippen LogP contribution in [-0.4, -0.2) is 38.7 Å². The number of rotatable bonds is 5. The minimum Gasteiger partial charge on any atom is -0.845 e. The molecule has 8 nitrogen and oxygen atoms in total. The highest BCUT2D eigenvalue weighted by Crippen LogP contribution is 2.38. The third-order valence-electron chi connectivity index (χ3n) is 6.50. The highest BCUT2D eigenvalue weighted by molar-refractivity contribution is 7.91. The van der Waals surface area contributed by atoms with Gasteiger partial charge in [0.05, 0.1) is 23.3 Å². The maximum Gasteiger partial charge on any atom is 0.346 e. The van der Waals surface area contributed by atoms with Crippen LogP contribution in [0.4, 0.5) is 10.7 Å². The molecule has 0 atom stereocenters. The molecule has 2 aromatic rings. The molecule has 1 N–H and O–H groups in total. The van der Waals surface area contributed by atoms with E-state index in [9.17, 15) is 13.5 Å². The summed E-state index contributed by atoms with van der Waals surface area (Å²) in [7, 11) is -4.25. The number of anilines is 2. The van der Waals surface area contributed by atoms with Gasteiger partial charge < -0.3 is 15.2 Å². The Balaban J connectivity index is 1.48. The predicted octanol–water partition coefficient (Wildman–Crippen LogP) is 2.49. The van der Waals surface area contributed by atoms with Gasteiger partial charge in [-0.2, -0.15) is 8.42 Å². The van der Waals surface area contributed by atoms with Gasteiger partial charge in [0.25, 0.3) is 0 Å². The van der Waals surface area contributed by atoms with Crippen molar-refractivity contribution in [3.05, 3.63) is 39.5 Å². The lowest BCUT2D eigenvalue weighted by molar-refractivity contribution is -0.213. The summed E-state index contributed by atoms with van der Waals surface area (Å²) < 4.78 is 37.1. The van der Waals surface area contributed by atoms with Gasteiger partial charge in [-0.15, -0.1) is 15.7 Å². The number of aryl methyl sites for hydroxylation is 3. The molecule has 0 radical (unpaired) electrons. The molecule has 0 bridgehead atoms. The van der Waals surface area contributed by atoms with Crippen molar-refractivity contribution in [2.45, 2.75) is 64.3 Å².